The zero-order valence-corrected chi connectivity index (χ0v) is 22.3. The number of halogens is 1. The third kappa shape index (κ3) is 20.2. The first-order valence-electron chi connectivity index (χ1n) is 12.7. The zero-order valence-electron chi connectivity index (χ0n) is 21.6. The maximum absolute atomic E-state index is 10.3. The number of unbranched alkanes of at least 4 members (excludes halogenated alkanes) is 14. The van der Waals surface area contributed by atoms with E-state index >= 15 is 0 Å². The lowest BCUT2D eigenvalue weighted by Crippen LogP contribution is -3.00. The number of carbonyl (C=O) groups is 1. The van der Waals surface area contributed by atoms with E-state index in [1.165, 1.54) is 83.5 Å². The van der Waals surface area contributed by atoms with E-state index in [4.69, 9.17) is 5.11 Å². The summed E-state index contributed by atoms with van der Waals surface area (Å²) in [7, 11) is 1.60. The number of aliphatic hydroxyl groups is 3. The number of hydrogen-bond donors (Lipinski definition) is 4. The largest absolute Gasteiger partial charge is 1.00 e. The minimum absolute atomic E-state index is 0. The van der Waals surface area contributed by atoms with Crippen LogP contribution >= 0.6 is 0 Å². The van der Waals surface area contributed by atoms with Crippen LogP contribution in [0.4, 0.5) is 0 Å². The van der Waals surface area contributed by atoms with Crippen LogP contribution in [0.1, 0.15) is 130 Å². The Balaban J connectivity index is -0.000000597. The molecule has 0 aromatic heterocycles. The third-order valence-corrected chi connectivity index (χ3v) is 6.41. The van der Waals surface area contributed by atoms with E-state index in [1.54, 1.807) is 27.8 Å². The number of nitrogens with zero attached hydrogens (tertiary/aromatic N) is 1. The molecule has 0 bridgehead atoms. The minimum atomic E-state index is -0.782. The van der Waals surface area contributed by atoms with E-state index in [1.807, 2.05) is 0 Å². The van der Waals surface area contributed by atoms with Gasteiger partial charge >= 0.3 is 5.97 Å². The highest BCUT2D eigenvalue weighted by molar-refractivity contribution is 5.66. The van der Waals surface area contributed by atoms with Crippen LogP contribution in [-0.4, -0.2) is 56.6 Å². The molecular formula is C25H54ClNO5. The van der Waals surface area contributed by atoms with Crippen LogP contribution in [0.25, 0.3) is 0 Å². The predicted molar refractivity (Wildman–Crippen MR) is 128 cm³/mol. The van der Waals surface area contributed by atoms with Gasteiger partial charge in [0.25, 0.3) is 0 Å². The Bertz CT molecular complexity index is 384. The molecule has 3 atom stereocenters. The van der Waals surface area contributed by atoms with Gasteiger partial charge in [-0.1, -0.05) is 96.8 Å². The maximum atomic E-state index is 10.3. The molecule has 0 amide bonds. The number of carboxylic acids is 1. The molecule has 0 aromatic carbocycles. The number of aliphatic hydroxyl groups excluding tert-OH is 3. The minimum Gasteiger partial charge on any atom is -1.00 e. The van der Waals surface area contributed by atoms with Gasteiger partial charge in [0, 0.05) is 27.2 Å². The van der Waals surface area contributed by atoms with Crippen molar-refractivity contribution in [3.63, 3.8) is 0 Å². The van der Waals surface area contributed by atoms with Gasteiger partial charge < -0.3 is 32.8 Å². The number of quaternary nitrogens is 1. The van der Waals surface area contributed by atoms with Crippen LogP contribution in [0, 0.1) is 0 Å². The lowest BCUT2D eigenvalue weighted by Gasteiger charge is -2.41. The van der Waals surface area contributed by atoms with Gasteiger partial charge in [0.1, 0.15) is 0 Å². The summed E-state index contributed by atoms with van der Waals surface area (Å²) in [4.78, 5) is 10.3. The van der Waals surface area contributed by atoms with Crippen LogP contribution in [0.5, 0.6) is 0 Å². The topological polar surface area (TPSA) is 98.0 Å². The van der Waals surface area contributed by atoms with Gasteiger partial charge in [-0.25, -0.2) is 0 Å². The van der Waals surface area contributed by atoms with Crippen molar-refractivity contribution in [2.45, 2.75) is 149 Å². The molecule has 32 heavy (non-hydrogen) atoms. The fraction of sp³-hybridized carbons (Fsp3) is 0.960. The molecule has 0 aliphatic heterocycles. The van der Waals surface area contributed by atoms with Gasteiger partial charge in [-0.3, -0.25) is 9.28 Å². The van der Waals surface area contributed by atoms with Gasteiger partial charge in [-0.15, -0.1) is 0 Å². The summed E-state index contributed by atoms with van der Waals surface area (Å²) >= 11 is 0. The summed E-state index contributed by atoms with van der Waals surface area (Å²) < 4.78 is -0.167. The first-order valence-corrected chi connectivity index (χ1v) is 12.7. The molecule has 0 fully saturated rings. The molecular weight excluding hydrogens is 430 g/mol. The summed E-state index contributed by atoms with van der Waals surface area (Å²) in [5.41, 5.74) is 0. The lowest BCUT2D eigenvalue weighted by atomic mass is 10.0. The average Bonchev–Trinajstić information content (AvgIpc) is 2.70. The highest BCUT2D eigenvalue weighted by atomic mass is 35.5. The zero-order chi connectivity index (χ0) is 24.1. The number of carboxylic acid groups (broad SMARTS) is 1. The van der Waals surface area contributed by atoms with E-state index in [0.29, 0.717) is 6.42 Å². The average molecular weight is 484 g/mol. The number of hydrogen-bond acceptors (Lipinski definition) is 4. The number of aliphatic carboxylic acids is 1. The standard InChI is InChI=1S/C18H36O2.C7H18NO3.ClH/c1-2-3-4-5-6-7-8-9-10-11-12-13-14-15-16-17-18(19)20;1-5(9)8(4,6(2)10)7(3)11;/h2-17H2,1H3,(H,19,20);5-7,9-11H,1-4H3;1H/q;+1;/p-1. The van der Waals surface area contributed by atoms with E-state index in [0.717, 1.165) is 12.8 Å². The molecule has 0 radical (unpaired) electrons. The summed E-state index contributed by atoms with van der Waals surface area (Å²) in [6.07, 6.45) is 17.9. The molecule has 6 nitrogen and oxygen atoms in total. The molecule has 4 N–H and O–H groups in total. The van der Waals surface area contributed by atoms with Crippen molar-refractivity contribution < 1.29 is 42.1 Å². The highest BCUT2D eigenvalue weighted by Crippen LogP contribution is 2.16. The summed E-state index contributed by atoms with van der Waals surface area (Å²) in [5, 5.41) is 36.3. The smallest absolute Gasteiger partial charge is 0.303 e. The molecule has 0 saturated carbocycles. The Morgan fingerprint density at radius 1 is 0.625 bits per heavy atom. The van der Waals surface area contributed by atoms with Crippen molar-refractivity contribution in [2.24, 2.45) is 0 Å². The Labute approximate surface area is 204 Å². The quantitative estimate of drug-likeness (QED) is 0.129. The molecule has 7 heteroatoms. The third-order valence-electron chi connectivity index (χ3n) is 6.41. The lowest BCUT2D eigenvalue weighted by molar-refractivity contribution is -1.03. The first-order chi connectivity index (χ1) is 14.6. The van der Waals surface area contributed by atoms with Crippen LogP contribution in [0.3, 0.4) is 0 Å². The maximum Gasteiger partial charge on any atom is 0.303 e. The first kappa shape index (κ1) is 36.2. The molecule has 0 saturated heterocycles. The number of rotatable bonds is 19. The molecule has 0 spiro atoms. The molecule has 0 aliphatic carbocycles. The van der Waals surface area contributed by atoms with Crippen molar-refractivity contribution in [2.75, 3.05) is 7.05 Å². The second-order valence-electron chi connectivity index (χ2n) is 9.21. The Morgan fingerprint density at radius 2 is 0.875 bits per heavy atom. The van der Waals surface area contributed by atoms with E-state index in [-0.39, 0.29) is 16.9 Å². The van der Waals surface area contributed by atoms with Gasteiger partial charge in [-0.2, -0.15) is 0 Å². The molecule has 0 aliphatic rings. The Morgan fingerprint density at radius 3 is 1.06 bits per heavy atom. The van der Waals surface area contributed by atoms with Gasteiger partial charge in [-0.05, 0) is 6.42 Å². The van der Waals surface area contributed by atoms with Crippen LogP contribution in [0.15, 0.2) is 0 Å². The van der Waals surface area contributed by atoms with Crippen molar-refractivity contribution in [3.05, 3.63) is 0 Å². The molecule has 0 heterocycles. The van der Waals surface area contributed by atoms with Gasteiger partial charge in [0.15, 0.2) is 18.7 Å². The summed E-state index contributed by atoms with van der Waals surface area (Å²) in [5.74, 6) is -0.653. The monoisotopic (exact) mass is 483 g/mol. The molecule has 0 rings (SSSR count). The molecule has 0 aromatic rings. The SMILES string of the molecule is CC(O)[N+](C)(C(C)O)C(C)O.CCCCCCCCCCCCCCCCCC(=O)O.[Cl-]. The van der Waals surface area contributed by atoms with Gasteiger partial charge in [0.2, 0.25) is 0 Å². The summed E-state index contributed by atoms with van der Waals surface area (Å²) in [6, 6.07) is 0. The molecule has 196 valence electrons. The van der Waals surface area contributed by atoms with Crippen LogP contribution < -0.4 is 12.4 Å². The fourth-order valence-corrected chi connectivity index (χ4v) is 3.58. The Hall–Kier alpha value is -0.400. The van der Waals surface area contributed by atoms with Crippen LogP contribution in [0.2, 0.25) is 0 Å². The Kier molecular flexibility index (Phi) is 26.8. The van der Waals surface area contributed by atoms with E-state index in [9.17, 15) is 20.1 Å². The van der Waals surface area contributed by atoms with Crippen molar-refractivity contribution >= 4 is 5.97 Å². The summed E-state index contributed by atoms with van der Waals surface area (Å²) in [6.45, 7) is 6.89. The fourth-order valence-electron chi connectivity index (χ4n) is 3.58. The normalized spacial score (nSPS) is 15.5. The highest BCUT2D eigenvalue weighted by Gasteiger charge is 2.37. The van der Waals surface area contributed by atoms with Crippen molar-refractivity contribution in [1.29, 1.82) is 0 Å². The second-order valence-corrected chi connectivity index (χ2v) is 9.21. The van der Waals surface area contributed by atoms with E-state index < -0.39 is 24.7 Å². The van der Waals surface area contributed by atoms with Gasteiger partial charge in [0.05, 0.1) is 7.05 Å². The van der Waals surface area contributed by atoms with Crippen molar-refractivity contribution in [1.82, 2.24) is 0 Å². The van der Waals surface area contributed by atoms with E-state index in [2.05, 4.69) is 6.92 Å². The predicted octanol–water partition coefficient (Wildman–Crippen LogP) is 2.78. The van der Waals surface area contributed by atoms with Crippen LogP contribution in [-0.2, 0) is 4.79 Å². The van der Waals surface area contributed by atoms with Crippen molar-refractivity contribution in [3.8, 4) is 0 Å². The molecule has 3 unspecified atom stereocenters. The second kappa shape index (κ2) is 23.7.